The highest BCUT2D eigenvalue weighted by atomic mass is 32.2. The van der Waals surface area contributed by atoms with Crippen molar-refractivity contribution < 1.29 is 27.8 Å². The molecule has 0 saturated carbocycles. The van der Waals surface area contributed by atoms with Gasteiger partial charge < -0.3 is 0 Å². The quantitative estimate of drug-likeness (QED) is 0.297. The van der Waals surface area contributed by atoms with Crippen molar-refractivity contribution in [1.29, 1.82) is 0 Å². The van der Waals surface area contributed by atoms with Gasteiger partial charge in [-0.25, -0.2) is 5.26 Å². The van der Waals surface area contributed by atoms with Crippen LogP contribution in [0.25, 0.3) is 0 Å². The number of halogens is 3. The highest BCUT2D eigenvalue weighted by molar-refractivity contribution is 7.94. The summed E-state index contributed by atoms with van der Waals surface area (Å²) >= 11 is -0.0370. The van der Waals surface area contributed by atoms with Crippen molar-refractivity contribution in [1.82, 2.24) is 0 Å². The standard InChI is InChI=1S/C2H3F3O3S/c3-2(4,5)1-9-8-7-6/h6H,1H2. The Labute approximate surface area is 52.8 Å². The van der Waals surface area contributed by atoms with Crippen LogP contribution in [-0.2, 0) is 9.37 Å². The average molecular weight is 164 g/mol. The van der Waals surface area contributed by atoms with Gasteiger partial charge in [0, 0.05) is 12.0 Å². The van der Waals surface area contributed by atoms with E-state index >= 15 is 0 Å². The van der Waals surface area contributed by atoms with Crippen LogP contribution >= 0.6 is 12.0 Å². The van der Waals surface area contributed by atoms with Gasteiger partial charge >= 0.3 is 6.18 Å². The van der Waals surface area contributed by atoms with Crippen molar-refractivity contribution in [2.24, 2.45) is 0 Å². The molecular weight excluding hydrogens is 161 g/mol. The maximum absolute atomic E-state index is 11.1. The second kappa shape index (κ2) is 3.94. The Hall–Kier alpha value is 0.0200. The molecule has 0 aliphatic heterocycles. The van der Waals surface area contributed by atoms with Gasteiger partial charge in [-0.3, -0.25) is 0 Å². The van der Waals surface area contributed by atoms with E-state index in [9.17, 15) is 13.2 Å². The van der Waals surface area contributed by atoms with Gasteiger partial charge in [0.05, 0.1) is 0 Å². The van der Waals surface area contributed by atoms with E-state index in [0.717, 1.165) is 0 Å². The topological polar surface area (TPSA) is 38.7 Å². The van der Waals surface area contributed by atoms with E-state index in [1.165, 1.54) is 0 Å². The van der Waals surface area contributed by atoms with Gasteiger partial charge in [-0.15, -0.1) is 4.33 Å². The minimum atomic E-state index is -4.30. The molecule has 0 unspecified atom stereocenters. The van der Waals surface area contributed by atoms with Crippen molar-refractivity contribution in [3.63, 3.8) is 0 Å². The van der Waals surface area contributed by atoms with Crippen LogP contribution in [-0.4, -0.2) is 17.2 Å². The lowest BCUT2D eigenvalue weighted by molar-refractivity contribution is -0.432. The highest BCUT2D eigenvalue weighted by Gasteiger charge is 2.27. The molecule has 0 aromatic rings. The zero-order chi connectivity index (χ0) is 7.33. The molecule has 0 bridgehead atoms. The van der Waals surface area contributed by atoms with Crippen molar-refractivity contribution >= 4 is 12.0 Å². The third kappa shape index (κ3) is 8.02. The molecule has 0 spiro atoms. The lowest BCUT2D eigenvalue weighted by atomic mass is 10.8. The third-order valence-electron chi connectivity index (χ3n) is 0.301. The summed E-state index contributed by atoms with van der Waals surface area (Å²) in [6.45, 7) is 0. The molecule has 0 aromatic carbocycles. The molecule has 9 heavy (non-hydrogen) atoms. The maximum atomic E-state index is 11.1. The van der Waals surface area contributed by atoms with Crippen LogP contribution in [0.15, 0.2) is 0 Å². The largest absolute Gasteiger partial charge is 0.400 e. The number of hydrogen-bond donors (Lipinski definition) is 1. The van der Waals surface area contributed by atoms with Crippen LogP contribution in [0.1, 0.15) is 0 Å². The highest BCUT2D eigenvalue weighted by Crippen LogP contribution is 2.21. The fourth-order valence-electron chi connectivity index (χ4n) is 0.112. The molecule has 7 heteroatoms. The first kappa shape index (κ1) is 9.02. The van der Waals surface area contributed by atoms with Crippen LogP contribution in [0.2, 0.25) is 0 Å². The van der Waals surface area contributed by atoms with E-state index < -0.39 is 11.9 Å². The normalized spacial score (nSPS) is 12.0. The van der Waals surface area contributed by atoms with E-state index in [1.54, 1.807) is 0 Å². The zero-order valence-electron chi connectivity index (χ0n) is 4.01. The van der Waals surface area contributed by atoms with Gasteiger partial charge in [0.2, 0.25) is 0 Å². The van der Waals surface area contributed by atoms with E-state index in [0.29, 0.717) is 0 Å². The Morgan fingerprint density at radius 3 is 2.33 bits per heavy atom. The second-order valence-electron chi connectivity index (χ2n) is 1.02. The molecule has 1 N–H and O–H groups in total. The fourth-order valence-corrected chi connectivity index (χ4v) is 0.337. The predicted molar refractivity (Wildman–Crippen MR) is 23.3 cm³/mol. The van der Waals surface area contributed by atoms with Crippen LogP contribution < -0.4 is 0 Å². The molecule has 0 atom stereocenters. The summed E-state index contributed by atoms with van der Waals surface area (Å²) in [5.74, 6) is -1.21. The van der Waals surface area contributed by atoms with Gasteiger partial charge in [-0.05, 0) is 0 Å². The summed E-state index contributed by atoms with van der Waals surface area (Å²) in [6.07, 6.45) is -4.30. The van der Waals surface area contributed by atoms with E-state index in [-0.39, 0.29) is 12.0 Å². The molecule has 0 radical (unpaired) electrons. The molecule has 56 valence electrons. The molecule has 0 aromatic heterocycles. The first-order chi connectivity index (χ1) is 4.06. The first-order valence-corrected chi connectivity index (χ1v) is 2.64. The van der Waals surface area contributed by atoms with Crippen molar-refractivity contribution in [2.75, 3.05) is 5.75 Å². The van der Waals surface area contributed by atoms with Gasteiger partial charge in [-0.2, -0.15) is 13.2 Å². The lowest BCUT2D eigenvalue weighted by Gasteiger charge is -2.01. The Morgan fingerprint density at radius 2 is 2.00 bits per heavy atom. The molecule has 0 heterocycles. The molecule has 0 saturated heterocycles. The van der Waals surface area contributed by atoms with Crippen molar-refractivity contribution in [3.05, 3.63) is 0 Å². The fraction of sp³-hybridized carbons (Fsp3) is 1.00. The molecular formula is C2H3F3O3S. The van der Waals surface area contributed by atoms with E-state index in [1.807, 2.05) is 0 Å². The molecule has 0 fully saturated rings. The smallest absolute Gasteiger partial charge is 0.220 e. The summed E-state index contributed by atoms with van der Waals surface area (Å²) in [5, 5.41) is 10.3. The molecule has 0 aliphatic rings. The monoisotopic (exact) mass is 164 g/mol. The van der Waals surface area contributed by atoms with Gasteiger partial charge in [-0.1, -0.05) is 5.04 Å². The average Bonchev–Trinajstić information content (AvgIpc) is 1.63. The summed E-state index contributed by atoms with van der Waals surface area (Å²) in [4.78, 5) is 0. The SMILES string of the molecule is OOOSCC(F)(F)F. The van der Waals surface area contributed by atoms with Crippen LogP contribution in [0.4, 0.5) is 13.2 Å². The number of alkyl halides is 3. The Morgan fingerprint density at radius 1 is 1.44 bits per heavy atom. The molecule has 0 amide bonds. The minimum Gasteiger partial charge on any atom is -0.220 e. The lowest BCUT2D eigenvalue weighted by Crippen LogP contribution is -2.10. The van der Waals surface area contributed by atoms with Crippen LogP contribution in [0.3, 0.4) is 0 Å². The molecule has 0 aliphatic carbocycles. The van der Waals surface area contributed by atoms with E-state index in [4.69, 9.17) is 5.26 Å². The summed E-state index contributed by atoms with van der Waals surface area (Å²) in [6, 6.07) is 0. The van der Waals surface area contributed by atoms with Gasteiger partial charge in [0.15, 0.2) is 0 Å². The van der Waals surface area contributed by atoms with Crippen molar-refractivity contribution in [2.45, 2.75) is 6.18 Å². The van der Waals surface area contributed by atoms with Crippen LogP contribution in [0, 0.1) is 0 Å². The predicted octanol–water partition coefficient (Wildman–Crippen LogP) is 1.62. The summed E-state index contributed by atoms with van der Waals surface area (Å²) < 4.78 is 36.9. The number of rotatable bonds is 3. The molecule has 0 rings (SSSR count). The Bertz CT molecular complexity index is 73.9. The first-order valence-electron chi connectivity index (χ1n) is 1.73. The maximum Gasteiger partial charge on any atom is 0.400 e. The zero-order valence-corrected chi connectivity index (χ0v) is 4.83. The van der Waals surface area contributed by atoms with Gasteiger partial charge in [0.1, 0.15) is 5.75 Å². The van der Waals surface area contributed by atoms with Crippen LogP contribution in [0.5, 0.6) is 0 Å². The third-order valence-corrected chi connectivity index (χ3v) is 0.903. The van der Waals surface area contributed by atoms with Gasteiger partial charge in [0.25, 0.3) is 0 Å². The summed E-state index contributed by atoms with van der Waals surface area (Å²) in [5.41, 5.74) is 0. The summed E-state index contributed by atoms with van der Waals surface area (Å²) in [7, 11) is 0. The van der Waals surface area contributed by atoms with Crippen molar-refractivity contribution in [3.8, 4) is 0 Å². The minimum absolute atomic E-state index is 0.0370. The second-order valence-corrected chi connectivity index (χ2v) is 1.68. The number of hydrogen-bond acceptors (Lipinski definition) is 4. The molecule has 3 nitrogen and oxygen atoms in total. The Kier molecular flexibility index (Phi) is 3.95. The van der Waals surface area contributed by atoms with E-state index in [2.05, 4.69) is 9.37 Å². The Balaban J connectivity index is 3.07.